The summed E-state index contributed by atoms with van der Waals surface area (Å²) in [5.74, 6) is 7.35. The molecule has 0 unspecified atom stereocenters. The average Bonchev–Trinajstić information content (AvgIpc) is 2.55. The van der Waals surface area contributed by atoms with Crippen molar-refractivity contribution in [2.75, 3.05) is 41.9 Å². The molecular formula is C14H27N7. The van der Waals surface area contributed by atoms with E-state index < -0.39 is 0 Å². The first-order chi connectivity index (χ1) is 10.2. The number of nitrogens with zero attached hydrogens (tertiary/aromatic N) is 5. The number of hydrogen-bond acceptors (Lipinski definition) is 7. The van der Waals surface area contributed by atoms with Gasteiger partial charge in [0.2, 0.25) is 17.8 Å². The Kier molecular flexibility index (Phi) is 5.98. The number of hydrogen-bond donors (Lipinski definition) is 2. The lowest BCUT2D eigenvalue weighted by atomic mass is 10.1. The normalized spacial score (nSPS) is 15.1. The van der Waals surface area contributed by atoms with Crippen molar-refractivity contribution in [3.63, 3.8) is 0 Å². The van der Waals surface area contributed by atoms with Gasteiger partial charge in [-0.3, -0.25) is 5.43 Å². The molecule has 7 nitrogen and oxygen atoms in total. The van der Waals surface area contributed by atoms with Crippen LogP contribution in [0.3, 0.4) is 0 Å². The first-order valence-corrected chi connectivity index (χ1v) is 7.93. The van der Waals surface area contributed by atoms with E-state index in [1.165, 1.54) is 32.1 Å². The Morgan fingerprint density at radius 1 is 1.14 bits per heavy atom. The molecule has 7 heteroatoms. The van der Waals surface area contributed by atoms with Crippen molar-refractivity contribution >= 4 is 17.8 Å². The van der Waals surface area contributed by atoms with Crippen LogP contribution < -0.4 is 21.1 Å². The van der Waals surface area contributed by atoms with Crippen molar-refractivity contribution in [2.24, 2.45) is 5.84 Å². The van der Waals surface area contributed by atoms with Crippen LogP contribution in [0.25, 0.3) is 0 Å². The van der Waals surface area contributed by atoms with Crippen LogP contribution in [-0.2, 0) is 0 Å². The lowest BCUT2D eigenvalue weighted by Gasteiger charge is -2.27. The highest BCUT2D eigenvalue weighted by molar-refractivity contribution is 5.44. The van der Waals surface area contributed by atoms with Gasteiger partial charge in [0.25, 0.3) is 0 Å². The number of hydrazine groups is 1. The summed E-state index contributed by atoms with van der Waals surface area (Å²) in [5.41, 5.74) is 2.55. The minimum absolute atomic E-state index is 0.433. The summed E-state index contributed by atoms with van der Waals surface area (Å²) in [5, 5.41) is 0. The number of aromatic nitrogens is 3. The van der Waals surface area contributed by atoms with Crippen LogP contribution in [0.15, 0.2) is 0 Å². The fourth-order valence-electron chi connectivity index (χ4n) is 2.52. The predicted molar refractivity (Wildman–Crippen MR) is 86.5 cm³/mol. The van der Waals surface area contributed by atoms with Crippen LogP contribution in [-0.4, -0.2) is 41.6 Å². The van der Waals surface area contributed by atoms with Crippen LogP contribution >= 0.6 is 0 Å². The fourth-order valence-corrected chi connectivity index (χ4v) is 2.52. The number of rotatable bonds is 7. The predicted octanol–water partition coefficient (Wildman–Crippen LogP) is 1.77. The van der Waals surface area contributed by atoms with Gasteiger partial charge in [-0.15, -0.1) is 0 Å². The Bertz CT molecular complexity index is 431. The van der Waals surface area contributed by atoms with Gasteiger partial charge in [-0.1, -0.05) is 19.8 Å². The number of nitrogen functional groups attached to an aromatic ring is 1. The first kappa shape index (κ1) is 15.8. The van der Waals surface area contributed by atoms with Crippen molar-refractivity contribution < 1.29 is 0 Å². The molecular weight excluding hydrogens is 266 g/mol. The molecule has 0 atom stereocenters. The van der Waals surface area contributed by atoms with Crippen LogP contribution in [0.1, 0.15) is 45.4 Å². The molecule has 0 spiro atoms. The summed E-state index contributed by atoms with van der Waals surface area (Å²) >= 11 is 0. The van der Waals surface area contributed by atoms with E-state index in [2.05, 4.69) is 37.1 Å². The molecule has 1 fully saturated rings. The molecule has 1 aliphatic rings. The molecule has 21 heavy (non-hydrogen) atoms. The van der Waals surface area contributed by atoms with Crippen LogP contribution in [0, 0.1) is 0 Å². The van der Waals surface area contributed by atoms with Gasteiger partial charge in [-0.05, 0) is 25.7 Å². The highest BCUT2D eigenvalue weighted by Crippen LogP contribution is 2.19. The Hall–Kier alpha value is -1.63. The standard InChI is InChI=1S/C14H27N7/c1-3-4-6-9-20(2)13-16-12(19-15)17-14(18-13)21-10-7-5-8-11-21/h3-11,15H2,1-2H3,(H,16,17,18,19). The number of nitrogens with one attached hydrogen (secondary N) is 1. The van der Waals surface area contributed by atoms with Crippen LogP contribution in [0.2, 0.25) is 0 Å². The Labute approximate surface area is 126 Å². The fraction of sp³-hybridized carbons (Fsp3) is 0.786. The third-order valence-electron chi connectivity index (χ3n) is 3.82. The summed E-state index contributed by atoms with van der Waals surface area (Å²) in [6, 6.07) is 0. The second-order valence-electron chi connectivity index (χ2n) is 5.58. The van der Waals surface area contributed by atoms with E-state index >= 15 is 0 Å². The molecule has 2 rings (SSSR count). The molecule has 0 radical (unpaired) electrons. The second kappa shape index (κ2) is 7.97. The monoisotopic (exact) mass is 293 g/mol. The minimum Gasteiger partial charge on any atom is -0.344 e. The van der Waals surface area contributed by atoms with Gasteiger partial charge in [0.15, 0.2) is 0 Å². The highest BCUT2D eigenvalue weighted by Gasteiger charge is 2.17. The largest absolute Gasteiger partial charge is 0.344 e. The quantitative estimate of drug-likeness (QED) is 0.450. The minimum atomic E-state index is 0.433. The van der Waals surface area contributed by atoms with E-state index in [1.54, 1.807) is 0 Å². The molecule has 1 aromatic heterocycles. The molecule has 3 N–H and O–H groups in total. The molecule has 0 aromatic carbocycles. The van der Waals surface area contributed by atoms with Crippen molar-refractivity contribution in [3.8, 4) is 0 Å². The number of piperidine rings is 1. The zero-order chi connectivity index (χ0) is 15.1. The summed E-state index contributed by atoms with van der Waals surface area (Å²) in [6.07, 6.45) is 7.24. The molecule has 0 amide bonds. The maximum atomic E-state index is 5.50. The Morgan fingerprint density at radius 2 is 1.90 bits per heavy atom. The van der Waals surface area contributed by atoms with Crippen molar-refractivity contribution in [3.05, 3.63) is 0 Å². The van der Waals surface area contributed by atoms with Gasteiger partial charge in [0, 0.05) is 26.7 Å². The first-order valence-electron chi connectivity index (χ1n) is 7.93. The molecule has 0 saturated carbocycles. The van der Waals surface area contributed by atoms with E-state index in [1.807, 2.05) is 7.05 Å². The smallest absolute Gasteiger partial charge is 0.243 e. The van der Waals surface area contributed by atoms with Gasteiger partial charge in [-0.2, -0.15) is 15.0 Å². The molecule has 0 aliphatic carbocycles. The maximum Gasteiger partial charge on any atom is 0.243 e. The summed E-state index contributed by atoms with van der Waals surface area (Å²) < 4.78 is 0. The van der Waals surface area contributed by atoms with Gasteiger partial charge in [0.1, 0.15) is 0 Å². The molecule has 1 aliphatic heterocycles. The van der Waals surface area contributed by atoms with E-state index in [0.717, 1.165) is 32.0 Å². The SMILES string of the molecule is CCCCCN(C)c1nc(NN)nc(N2CCCCC2)n1. The third-order valence-corrected chi connectivity index (χ3v) is 3.82. The van der Waals surface area contributed by atoms with E-state index in [0.29, 0.717) is 11.9 Å². The highest BCUT2D eigenvalue weighted by atomic mass is 15.4. The van der Waals surface area contributed by atoms with E-state index in [9.17, 15) is 0 Å². The maximum absolute atomic E-state index is 5.50. The summed E-state index contributed by atoms with van der Waals surface area (Å²) in [7, 11) is 2.02. The molecule has 1 aromatic rings. The molecule has 1 saturated heterocycles. The Morgan fingerprint density at radius 3 is 2.57 bits per heavy atom. The van der Waals surface area contributed by atoms with Crippen molar-refractivity contribution in [1.82, 2.24) is 15.0 Å². The number of unbranched alkanes of at least 4 members (excludes halogenated alkanes) is 2. The summed E-state index contributed by atoms with van der Waals surface area (Å²) in [6.45, 7) is 5.16. The van der Waals surface area contributed by atoms with Crippen LogP contribution in [0.5, 0.6) is 0 Å². The zero-order valence-corrected chi connectivity index (χ0v) is 13.2. The van der Waals surface area contributed by atoms with Gasteiger partial charge in [-0.25, -0.2) is 5.84 Å². The van der Waals surface area contributed by atoms with Crippen molar-refractivity contribution in [2.45, 2.75) is 45.4 Å². The second-order valence-corrected chi connectivity index (χ2v) is 5.58. The number of nitrogens with two attached hydrogens (primary N) is 1. The van der Waals surface area contributed by atoms with Gasteiger partial charge < -0.3 is 9.80 Å². The zero-order valence-electron chi connectivity index (χ0n) is 13.2. The van der Waals surface area contributed by atoms with Crippen LogP contribution in [0.4, 0.5) is 17.8 Å². The van der Waals surface area contributed by atoms with E-state index in [4.69, 9.17) is 5.84 Å². The molecule has 2 heterocycles. The Balaban J connectivity index is 2.12. The molecule has 0 bridgehead atoms. The molecule has 118 valence electrons. The van der Waals surface area contributed by atoms with Gasteiger partial charge >= 0.3 is 0 Å². The van der Waals surface area contributed by atoms with E-state index in [-0.39, 0.29) is 0 Å². The lowest BCUT2D eigenvalue weighted by Crippen LogP contribution is -2.32. The summed E-state index contributed by atoms with van der Waals surface area (Å²) in [4.78, 5) is 17.7. The topological polar surface area (TPSA) is 83.2 Å². The lowest BCUT2D eigenvalue weighted by molar-refractivity contribution is 0.567. The average molecular weight is 293 g/mol. The van der Waals surface area contributed by atoms with Gasteiger partial charge in [0.05, 0.1) is 0 Å². The number of anilines is 3. The third kappa shape index (κ3) is 4.42. The van der Waals surface area contributed by atoms with Crippen molar-refractivity contribution in [1.29, 1.82) is 0 Å².